The summed E-state index contributed by atoms with van der Waals surface area (Å²) < 4.78 is 7.22. The lowest BCUT2D eigenvalue weighted by molar-refractivity contribution is -0.139. The number of benzene rings is 3. The molecule has 0 aromatic heterocycles. The zero-order chi connectivity index (χ0) is 20.6. The standard InChI is InChI=1S/C23H18BrIO3S/c24-20-14-17(10-11-22(20)28-15-23(26)27)29-13-12-18(16-6-2-1-3-7-16)19-8-4-5-9-21(19)25/h1-12,14H,13,15H2,(H,26,27). The number of carboxylic acid groups (broad SMARTS) is 1. The van der Waals surface area contributed by atoms with Crippen molar-refractivity contribution in [3.05, 3.63) is 98.0 Å². The lowest BCUT2D eigenvalue weighted by Crippen LogP contribution is -2.09. The van der Waals surface area contributed by atoms with E-state index < -0.39 is 5.97 Å². The minimum atomic E-state index is -0.996. The maximum atomic E-state index is 10.7. The van der Waals surface area contributed by atoms with E-state index in [0.29, 0.717) is 5.75 Å². The van der Waals surface area contributed by atoms with Gasteiger partial charge in [0, 0.05) is 14.2 Å². The average molecular weight is 581 g/mol. The number of hydrogen-bond donors (Lipinski definition) is 1. The number of halogens is 2. The summed E-state index contributed by atoms with van der Waals surface area (Å²) >= 11 is 7.54. The fourth-order valence-corrected chi connectivity index (χ4v) is 4.86. The quantitative estimate of drug-likeness (QED) is 0.237. The fraction of sp³-hybridized carbons (Fsp3) is 0.0870. The molecule has 0 atom stereocenters. The molecule has 0 spiro atoms. The van der Waals surface area contributed by atoms with Crippen molar-refractivity contribution in [2.75, 3.05) is 12.4 Å². The first kappa shape index (κ1) is 21.9. The monoisotopic (exact) mass is 580 g/mol. The van der Waals surface area contributed by atoms with Gasteiger partial charge in [-0.15, -0.1) is 11.8 Å². The van der Waals surface area contributed by atoms with E-state index in [1.807, 2.05) is 24.3 Å². The molecule has 0 saturated carbocycles. The Balaban J connectivity index is 1.78. The SMILES string of the molecule is O=C(O)COc1ccc(SCC=C(c2ccccc2)c2ccccc2I)cc1Br. The highest BCUT2D eigenvalue weighted by Gasteiger charge is 2.09. The van der Waals surface area contributed by atoms with Gasteiger partial charge in [-0.3, -0.25) is 0 Å². The molecule has 0 heterocycles. The van der Waals surface area contributed by atoms with Gasteiger partial charge in [-0.05, 0) is 79.5 Å². The Hall–Kier alpha value is -1.77. The molecule has 0 unspecified atom stereocenters. The molecule has 3 aromatic rings. The Morgan fingerprint density at radius 1 is 1.07 bits per heavy atom. The van der Waals surface area contributed by atoms with Crippen LogP contribution in [0.25, 0.3) is 5.57 Å². The third-order valence-corrected chi connectivity index (χ3v) is 6.52. The Labute approximate surface area is 196 Å². The van der Waals surface area contributed by atoms with E-state index in [-0.39, 0.29) is 6.61 Å². The number of carbonyl (C=O) groups is 1. The molecule has 3 nitrogen and oxygen atoms in total. The van der Waals surface area contributed by atoms with Crippen LogP contribution in [0, 0.1) is 3.57 Å². The van der Waals surface area contributed by atoms with Crippen molar-refractivity contribution in [2.24, 2.45) is 0 Å². The molecule has 0 radical (unpaired) electrons. The van der Waals surface area contributed by atoms with Gasteiger partial charge in [-0.25, -0.2) is 4.79 Å². The summed E-state index contributed by atoms with van der Waals surface area (Å²) in [6, 6.07) is 24.5. The van der Waals surface area contributed by atoms with Gasteiger partial charge in [0.2, 0.25) is 0 Å². The number of rotatable bonds is 8. The number of carboxylic acids is 1. The van der Waals surface area contributed by atoms with Crippen molar-refractivity contribution in [1.82, 2.24) is 0 Å². The van der Waals surface area contributed by atoms with Gasteiger partial charge in [0.1, 0.15) is 5.75 Å². The number of aliphatic carboxylic acids is 1. The highest BCUT2D eigenvalue weighted by Crippen LogP contribution is 2.32. The van der Waals surface area contributed by atoms with Crippen LogP contribution in [0.15, 0.2) is 88.2 Å². The van der Waals surface area contributed by atoms with Crippen LogP contribution in [-0.2, 0) is 4.79 Å². The minimum Gasteiger partial charge on any atom is -0.481 e. The van der Waals surface area contributed by atoms with E-state index in [9.17, 15) is 4.79 Å². The van der Waals surface area contributed by atoms with Crippen LogP contribution in [0.3, 0.4) is 0 Å². The summed E-state index contributed by atoms with van der Waals surface area (Å²) in [4.78, 5) is 11.7. The zero-order valence-electron chi connectivity index (χ0n) is 15.3. The Kier molecular flexibility index (Phi) is 8.20. The Morgan fingerprint density at radius 2 is 1.79 bits per heavy atom. The van der Waals surface area contributed by atoms with Crippen molar-refractivity contribution in [2.45, 2.75) is 4.90 Å². The molecule has 0 aliphatic heterocycles. The van der Waals surface area contributed by atoms with E-state index in [2.05, 4.69) is 87.1 Å². The van der Waals surface area contributed by atoms with Crippen molar-refractivity contribution < 1.29 is 14.6 Å². The summed E-state index contributed by atoms with van der Waals surface area (Å²) in [6.45, 7) is -0.357. The number of hydrogen-bond acceptors (Lipinski definition) is 3. The molecule has 0 bridgehead atoms. The summed E-state index contributed by atoms with van der Waals surface area (Å²) in [6.07, 6.45) is 2.25. The van der Waals surface area contributed by atoms with Gasteiger partial charge < -0.3 is 9.84 Å². The highest BCUT2D eigenvalue weighted by molar-refractivity contribution is 14.1. The van der Waals surface area contributed by atoms with Crippen molar-refractivity contribution >= 4 is 61.8 Å². The van der Waals surface area contributed by atoms with Crippen LogP contribution < -0.4 is 4.74 Å². The van der Waals surface area contributed by atoms with Gasteiger partial charge >= 0.3 is 5.97 Å². The van der Waals surface area contributed by atoms with Gasteiger partial charge in [0.15, 0.2) is 6.61 Å². The molecule has 0 aliphatic rings. The topological polar surface area (TPSA) is 46.5 Å². The average Bonchev–Trinajstić information content (AvgIpc) is 2.72. The molecule has 3 aromatic carbocycles. The maximum absolute atomic E-state index is 10.7. The van der Waals surface area contributed by atoms with Gasteiger partial charge in [-0.2, -0.15) is 0 Å². The van der Waals surface area contributed by atoms with Crippen molar-refractivity contribution in [3.63, 3.8) is 0 Å². The lowest BCUT2D eigenvalue weighted by Gasteiger charge is -2.11. The zero-order valence-corrected chi connectivity index (χ0v) is 19.9. The lowest BCUT2D eigenvalue weighted by atomic mass is 9.98. The third-order valence-electron chi connectivity index (χ3n) is 4.04. The second kappa shape index (κ2) is 10.8. The predicted molar refractivity (Wildman–Crippen MR) is 131 cm³/mol. The van der Waals surface area contributed by atoms with E-state index >= 15 is 0 Å². The van der Waals surface area contributed by atoms with Crippen LogP contribution in [-0.4, -0.2) is 23.4 Å². The molecule has 0 amide bonds. The summed E-state index contributed by atoms with van der Waals surface area (Å²) in [5.74, 6) is 0.331. The maximum Gasteiger partial charge on any atom is 0.341 e. The van der Waals surface area contributed by atoms with E-state index in [1.165, 1.54) is 20.3 Å². The second-order valence-corrected chi connectivity index (χ2v) is 9.16. The predicted octanol–water partition coefficient (Wildman–Crippen LogP) is 6.74. The Bertz CT molecular complexity index is 1020. The van der Waals surface area contributed by atoms with Crippen LogP contribution in [0.1, 0.15) is 11.1 Å². The molecule has 6 heteroatoms. The highest BCUT2D eigenvalue weighted by atomic mass is 127. The molecule has 148 valence electrons. The summed E-state index contributed by atoms with van der Waals surface area (Å²) in [7, 11) is 0. The molecule has 29 heavy (non-hydrogen) atoms. The normalized spacial score (nSPS) is 11.3. The smallest absolute Gasteiger partial charge is 0.341 e. The van der Waals surface area contributed by atoms with Gasteiger partial charge in [0.25, 0.3) is 0 Å². The first-order chi connectivity index (χ1) is 14.0. The van der Waals surface area contributed by atoms with E-state index in [0.717, 1.165) is 15.1 Å². The van der Waals surface area contributed by atoms with E-state index in [4.69, 9.17) is 9.84 Å². The summed E-state index contributed by atoms with van der Waals surface area (Å²) in [5.41, 5.74) is 3.62. The van der Waals surface area contributed by atoms with Crippen LogP contribution in [0.5, 0.6) is 5.75 Å². The van der Waals surface area contributed by atoms with Crippen molar-refractivity contribution in [3.8, 4) is 5.75 Å². The third kappa shape index (κ3) is 6.35. The van der Waals surface area contributed by atoms with Crippen LogP contribution in [0.2, 0.25) is 0 Å². The number of ether oxygens (including phenoxy) is 1. The van der Waals surface area contributed by atoms with E-state index in [1.54, 1.807) is 17.8 Å². The largest absolute Gasteiger partial charge is 0.481 e. The molecule has 0 fully saturated rings. The summed E-state index contributed by atoms with van der Waals surface area (Å²) in [5, 5.41) is 8.74. The first-order valence-corrected chi connectivity index (χ1v) is 11.7. The molecule has 0 aliphatic carbocycles. The molecular formula is C23H18BrIO3S. The minimum absolute atomic E-state index is 0.357. The first-order valence-electron chi connectivity index (χ1n) is 8.82. The fourth-order valence-electron chi connectivity index (χ4n) is 2.73. The van der Waals surface area contributed by atoms with Crippen LogP contribution >= 0.6 is 50.3 Å². The molecular weight excluding hydrogens is 563 g/mol. The van der Waals surface area contributed by atoms with Gasteiger partial charge in [0.05, 0.1) is 4.47 Å². The molecule has 1 N–H and O–H groups in total. The Morgan fingerprint density at radius 3 is 2.48 bits per heavy atom. The van der Waals surface area contributed by atoms with Crippen molar-refractivity contribution in [1.29, 1.82) is 0 Å². The second-order valence-electron chi connectivity index (χ2n) is 6.05. The van der Waals surface area contributed by atoms with Gasteiger partial charge in [-0.1, -0.05) is 54.6 Å². The molecule has 0 saturated heterocycles. The number of thioether (sulfide) groups is 1. The molecule has 3 rings (SSSR count). The van der Waals surface area contributed by atoms with Crippen LogP contribution in [0.4, 0.5) is 0 Å².